The number of carbonyl (C=O) groups excluding carboxylic acids is 1. The largest absolute Gasteiger partial charge is 0.480 e. The van der Waals surface area contributed by atoms with Crippen LogP contribution in [-0.4, -0.2) is 22.0 Å². The number of benzene rings is 1. The highest BCUT2D eigenvalue weighted by Gasteiger charge is 2.24. The van der Waals surface area contributed by atoms with Gasteiger partial charge in [0.15, 0.2) is 6.10 Å². The fraction of sp³-hybridized carbons (Fsp3) is 0.312. The molecule has 1 aromatic heterocycles. The van der Waals surface area contributed by atoms with Gasteiger partial charge in [0.25, 0.3) is 5.91 Å². The summed E-state index contributed by atoms with van der Waals surface area (Å²) in [5.74, 6) is 1.09. The normalized spacial score (nSPS) is 12.0. The molecule has 7 heteroatoms. The first kappa shape index (κ1) is 17.0. The molecule has 0 spiro atoms. The number of aromatic nitrogens is 2. The number of amides is 1. The summed E-state index contributed by atoms with van der Waals surface area (Å²) in [5, 5.41) is 3.32. The third kappa shape index (κ3) is 5.10. The van der Waals surface area contributed by atoms with Crippen molar-refractivity contribution in [3.63, 3.8) is 0 Å². The molecule has 0 aliphatic heterocycles. The molecule has 23 heavy (non-hydrogen) atoms. The highest BCUT2D eigenvalue weighted by molar-refractivity contribution is 6.30. The maximum atomic E-state index is 12.4. The molecule has 0 fully saturated rings. The van der Waals surface area contributed by atoms with Gasteiger partial charge in [-0.3, -0.25) is 4.79 Å². The third-order valence-electron chi connectivity index (χ3n) is 3.07. The lowest BCUT2D eigenvalue weighted by molar-refractivity contribution is -0.130. The molecule has 0 aliphatic rings. The minimum atomic E-state index is -0.644. The Labute approximate surface area is 140 Å². The van der Waals surface area contributed by atoms with E-state index in [0.717, 1.165) is 0 Å². The lowest BCUT2D eigenvalue weighted by Gasteiger charge is -2.21. The first-order valence-electron chi connectivity index (χ1n) is 7.23. The minimum absolute atomic E-state index is 0.0178. The van der Waals surface area contributed by atoms with Crippen molar-refractivity contribution in [1.29, 1.82) is 0 Å². The Morgan fingerprint density at radius 2 is 2.17 bits per heavy atom. The molecular formula is C16H19ClN4O2. The quantitative estimate of drug-likeness (QED) is 0.846. The van der Waals surface area contributed by atoms with E-state index >= 15 is 0 Å². The predicted octanol–water partition coefficient (Wildman–Crippen LogP) is 2.43. The number of anilines is 1. The van der Waals surface area contributed by atoms with Crippen molar-refractivity contribution in [2.75, 3.05) is 5.73 Å². The van der Waals surface area contributed by atoms with Gasteiger partial charge >= 0.3 is 0 Å². The van der Waals surface area contributed by atoms with Crippen LogP contribution < -0.4 is 15.8 Å². The van der Waals surface area contributed by atoms with Gasteiger partial charge in [-0.15, -0.1) is 0 Å². The molecule has 0 saturated heterocycles. The first-order valence-corrected chi connectivity index (χ1v) is 7.61. The van der Waals surface area contributed by atoms with E-state index in [2.05, 4.69) is 15.3 Å². The van der Waals surface area contributed by atoms with Crippen molar-refractivity contribution in [1.82, 2.24) is 15.3 Å². The average Bonchev–Trinajstić information content (AvgIpc) is 2.50. The molecule has 2 rings (SSSR count). The number of nitrogen functional groups attached to an aromatic ring is 1. The Hall–Kier alpha value is -2.34. The van der Waals surface area contributed by atoms with Gasteiger partial charge in [0.05, 0.1) is 6.54 Å². The second-order valence-electron chi connectivity index (χ2n) is 5.36. The van der Waals surface area contributed by atoms with Gasteiger partial charge in [0.2, 0.25) is 0 Å². The smallest absolute Gasteiger partial charge is 0.261 e. The maximum Gasteiger partial charge on any atom is 0.261 e. The molecular weight excluding hydrogens is 316 g/mol. The fourth-order valence-corrected chi connectivity index (χ4v) is 2.13. The monoisotopic (exact) mass is 334 g/mol. The molecule has 1 atom stereocenters. The van der Waals surface area contributed by atoms with E-state index in [0.29, 0.717) is 22.4 Å². The number of nitrogens with two attached hydrogens (primary N) is 1. The van der Waals surface area contributed by atoms with Crippen LogP contribution in [0.5, 0.6) is 5.75 Å². The molecule has 0 unspecified atom stereocenters. The Kier molecular flexibility index (Phi) is 5.76. The van der Waals surface area contributed by atoms with Crippen LogP contribution in [0.2, 0.25) is 5.02 Å². The van der Waals surface area contributed by atoms with E-state index in [1.165, 1.54) is 0 Å². The van der Waals surface area contributed by atoms with Crippen molar-refractivity contribution >= 4 is 23.3 Å². The summed E-state index contributed by atoms with van der Waals surface area (Å²) in [6.45, 7) is 4.00. The number of nitrogens with zero attached hydrogens (tertiary/aromatic N) is 2. The van der Waals surface area contributed by atoms with Crippen LogP contribution in [0.4, 0.5) is 5.82 Å². The molecule has 1 aromatic carbocycles. The lowest BCUT2D eigenvalue weighted by Crippen LogP contribution is -2.41. The molecule has 6 nitrogen and oxygen atoms in total. The van der Waals surface area contributed by atoms with E-state index in [1.807, 2.05) is 13.8 Å². The number of carbonyl (C=O) groups is 1. The molecule has 0 saturated carbocycles. The number of hydrogen-bond acceptors (Lipinski definition) is 5. The van der Waals surface area contributed by atoms with Gasteiger partial charge in [-0.1, -0.05) is 31.5 Å². The standard InChI is InChI=1S/C16H19ClN4O2/c1-10(2)15(23-12-5-3-4-11(17)8-12)16(22)20-9-14-19-7-6-13(18)21-14/h3-8,10,15H,9H2,1-2H3,(H,20,22)(H2,18,19,21)/t15-/m0/s1. The second-order valence-corrected chi connectivity index (χ2v) is 5.79. The molecule has 0 aliphatic carbocycles. The summed E-state index contributed by atoms with van der Waals surface area (Å²) in [6.07, 6.45) is 0.904. The summed E-state index contributed by atoms with van der Waals surface area (Å²) in [7, 11) is 0. The predicted molar refractivity (Wildman–Crippen MR) is 89.0 cm³/mol. The Morgan fingerprint density at radius 1 is 1.39 bits per heavy atom. The summed E-state index contributed by atoms with van der Waals surface area (Å²) < 4.78 is 5.77. The van der Waals surface area contributed by atoms with Crippen LogP contribution in [0, 0.1) is 5.92 Å². The van der Waals surface area contributed by atoms with E-state index < -0.39 is 6.10 Å². The number of halogens is 1. The van der Waals surface area contributed by atoms with Crippen LogP contribution in [0.15, 0.2) is 36.5 Å². The van der Waals surface area contributed by atoms with E-state index in [-0.39, 0.29) is 18.4 Å². The summed E-state index contributed by atoms with van der Waals surface area (Å²) >= 11 is 5.93. The van der Waals surface area contributed by atoms with Crippen LogP contribution in [0.25, 0.3) is 0 Å². The maximum absolute atomic E-state index is 12.4. The Balaban J connectivity index is 2.01. The third-order valence-corrected chi connectivity index (χ3v) is 3.31. The highest BCUT2D eigenvalue weighted by Crippen LogP contribution is 2.20. The van der Waals surface area contributed by atoms with Gasteiger partial charge in [-0.05, 0) is 30.2 Å². The van der Waals surface area contributed by atoms with E-state index in [9.17, 15) is 4.79 Å². The number of nitrogens with one attached hydrogen (secondary N) is 1. The van der Waals surface area contributed by atoms with Crippen LogP contribution >= 0.6 is 11.6 Å². The first-order chi connectivity index (χ1) is 11.0. The van der Waals surface area contributed by atoms with Crippen molar-refractivity contribution in [2.24, 2.45) is 5.92 Å². The van der Waals surface area contributed by atoms with Crippen molar-refractivity contribution in [2.45, 2.75) is 26.5 Å². The zero-order chi connectivity index (χ0) is 16.8. The Morgan fingerprint density at radius 3 is 2.83 bits per heavy atom. The van der Waals surface area contributed by atoms with Crippen molar-refractivity contribution < 1.29 is 9.53 Å². The molecule has 0 bridgehead atoms. The minimum Gasteiger partial charge on any atom is -0.480 e. The average molecular weight is 335 g/mol. The van der Waals surface area contributed by atoms with Crippen LogP contribution in [-0.2, 0) is 11.3 Å². The van der Waals surface area contributed by atoms with Crippen LogP contribution in [0.1, 0.15) is 19.7 Å². The summed E-state index contributed by atoms with van der Waals surface area (Å²) in [6, 6.07) is 8.54. The summed E-state index contributed by atoms with van der Waals surface area (Å²) in [5.41, 5.74) is 5.59. The number of hydrogen-bond donors (Lipinski definition) is 2. The molecule has 122 valence electrons. The van der Waals surface area contributed by atoms with Crippen LogP contribution in [0.3, 0.4) is 0 Å². The molecule has 1 heterocycles. The highest BCUT2D eigenvalue weighted by atomic mass is 35.5. The molecule has 0 radical (unpaired) electrons. The second kappa shape index (κ2) is 7.78. The van der Waals surface area contributed by atoms with Crippen molar-refractivity contribution in [3.8, 4) is 5.75 Å². The zero-order valence-corrected chi connectivity index (χ0v) is 13.7. The topological polar surface area (TPSA) is 90.1 Å². The molecule has 3 N–H and O–H groups in total. The van der Waals surface area contributed by atoms with Gasteiger partial charge in [0, 0.05) is 11.2 Å². The Bertz CT molecular complexity index is 679. The zero-order valence-electron chi connectivity index (χ0n) is 13.0. The lowest BCUT2D eigenvalue weighted by atomic mass is 10.1. The van der Waals surface area contributed by atoms with E-state index in [1.54, 1.807) is 36.5 Å². The molecule has 1 amide bonds. The van der Waals surface area contributed by atoms with Gasteiger partial charge in [-0.25, -0.2) is 9.97 Å². The van der Waals surface area contributed by atoms with Gasteiger partial charge in [-0.2, -0.15) is 0 Å². The number of rotatable bonds is 6. The number of ether oxygens (including phenoxy) is 1. The summed E-state index contributed by atoms with van der Waals surface area (Å²) in [4.78, 5) is 20.5. The van der Waals surface area contributed by atoms with Gasteiger partial charge < -0.3 is 15.8 Å². The van der Waals surface area contributed by atoms with E-state index in [4.69, 9.17) is 22.1 Å². The molecule has 2 aromatic rings. The van der Waals surface area contributed by atoms with Gasteiger partial charge in [0.1, 0.15) is 17.4 Å². The van der Waals surface area contributed by atoms with Crippen molar-refractivity contribution in [3.05, 3.63) is 47.4 Å². The SMILES string of the molecule is CC(C)[C@H](Oc1cccc(Cl)c1)C(=O)NCc1nccc(N)n1. The fourth-order valence-electron chi connectivity index (χ4n) is 1.95.